The molecule has 1 N–H and O–H groups in total. The van der Waals surface area contributed by atoms with Crippen molar-refractivity contribution in [2.24, 2.45) is 0 Å². The van der Waals surface area contributed by atoms with Crippen LogP contribution in [0.25, 0.3) is 0 Å². The van der Waals surface area contributed by atoms with Gasteiger partial charge >= 0.3 is 5.97 Å². The Morgan fingerprint density at radius 1 is 0.958 bits per heavy atom. The first kappa shape index (κ1) is 16.0. The van der Waals surface area contributed by atoms with Gasteiger partial charge in [0.2, 0.25) is 0 Å². The average Bonchev–Trinajstić information content (AvgIpc) is 2.62. The summed E-state index contributed by atoms with van der Waals surface area (Å²) in [5.74, 6) is -1.63. The van der Waals surface area contributed by atoms with Crippen molar-refractivity contribution in [3.8, 4) is 0 Å². The van der Waals surface area contributed by atoms with E-state index in [0.29, 0.717) is 13.1 Å². The quantitative estimate of drug-likeness (QED) is 0.874. The second-order valence-corrected chi connectivity index (χ2v) is 5.48. The number of aromatic nitrogens is 3. The van der Waals surface area contributed by atoms with Crippen LogP contribution in [0, 0.1) is 0 Å². The summed E-state index contributed by atoms with van der Waals surface area (Å²) in [6, 6.07) is 3.94. The third-order valence-corrected chi connectivity index (χ3v) is 3.92. The summed E-state index contributed by atoms with van der Waals surface area (Å²) in [7, 11) is 0. The molecule has 0 radical (unpaired) electrons. The van der Waals surface area contributed by atoms with Crippen LogP contribution in [0.3, 0.4) is 0 Å². The third kappa shape index (κ3) is 3.54. The van der Waals surface area contributed by atoms with Crippen molar-refractivity contribution in [1.29, 1.82) is 0 Å². The SMILES string of the molecule is O=C(O)c1nccnc1C(=O)N1CCN(Cc2ccncc2)CC1. The Morgan fingerprint density at radius 3 is 2.21 bits per heavy atom. The van der Waals surface area contributed by atoms with E-state index in [9.17, 15) is 9.59 Å². The van der Waals surface area contributed by atoms with Crippen LogP contribution < -0.4 is 0 Å². The highest BCUT2D eigenvalue weighted by Gasteiger charge is 2.27. The number of aromatic carboxylic acids is 1. The number of carbonyl (C=O) groups excluding carboxylic acids is 1. The van der Waals surface area contributed by atoms with E-state index in [1.807, 2.05) is 12.1 Å². The maximum Gasteiger partial charge on any atom is 0.356 e. The molecular weight excluding hydrogens is 310 g/mol. The number of carboxylic acids is 1. The zero-order chi connectivity index (χ0) is 16.9. The van der Waals surface area contributed by atoms with Gasteiger partial charge in [-0.1, -0.05) is 0 Å². The van der Waals surface area contributed by atoms with Crippen LogP contribution in [-0.4, -0.2) is 67.9 Å². The molecule has 24 heavy (non-hydrogen) atoms. The molecule has 3 heterocycles. The molecule has 1 fully saturated rings. The summed E-state index contributed by atoms with van der Waals surface area (Å²) in [6.45, 7) is 3.29. The lowest BCUT2D eigenvalue weighted by Crippen LogP contribution is -2.48. The molecule has 1 amide bonds. The topological polar surface area (TPSA) is 99.5 Å². The molecule has 0 saturated carbocycles. The largest absolute Gasteiger partial charge is 0.476 e. The molecule has 2 aromatic heterocycles. The normalized spacial score (nSPS) is 15.2. The van der Waals surface area contributed by atoms with Gasteiger partial charge in [0.05, 0.1) is 0 Å². The summed E-state index contributed by atoms with van der Waals surface area (Å²) in [5, 5.41) is 9.13. The first-order valence-electron chi connectivity index (χ1n) is 7.60. The number of nitrogens with zero attached hydrogens (tertiary/aromatic N) is 5. The van der Waals surface area contributed by atoms with Gasteiger partial charge in [0.25, 0.3) is 5.91 Å². The van der Waals surface area contributed by atoms with Gasteiger partial charge in [-0.2, -0.15) is 0 Å². The number of hydrogen-bond acceptors (Lipinski definition) is 6. The smallest absolute Gasteiger partial charge is 0.356 e. The Morgan fingerprint density at radius 2 is 1.58 bits per heavy atom. The van der Waals surface area contributed by atoms with E-state index >= 15 is 0 Å². The molecule has 1 aliphatic heterocycles. The minimum Gasteiger partial charge on any atom is -0.476 e. The molecule has 0 aromatic carbocycles. The summed E-state index contributed by atoms with van der Waals surface area (Å²) < 4.78 is 0. The van der Waals surface area contributed by atoms with E-state index in [0.717, 1.165) is 19.6 Å². The van der Waals surface area contributed by atoms with Gasteiger partial charge in [-0.3, -0.25) is 14.7 Å². The van der Waals surface area contributed by atoms with E-state index in [1.165, 1.54) is 18.0 Å². The Kier molecular flexibility index (Phi) is 4.76. The number of pyridine rings is 1. The molecular formula is C16H17N5O3. The maximum atomic E-state index is 12.5. The van der Waals surface area contributed by atoms with Crippen LogP contribution in [0.5, 0.6) is 0 Å². The van der Waals surface area contributed by atoms with E-state index in [2.05, 4.69) is 19.9 Å². The zero-order valence-electron chi connectivity index (χ0n) is 13.0. The van der Waals surface area contributed by atoms with Gasteiger partial charge in [0.15, 0.2) is 11.4 Å². The Balaban J connectivity index is 1.62. The number of piperazine rings is 1. The van der Waals surface area contributed by atoms with E-state index in [-0.39, 0.29) is 17.3 Å². The van der Waals surface area contributed by atoms with Crippen LogP contribution in [0.15, 0.2) is 36.9 Å². The predicted octanol–water partition coefficient (Wildman–Crippen LogP) is 0.528. The summed E-state index contributed by atoms with van der Waals surface area (Å²) >= 11 is 0. The van der Waals surface area contributed by atoms with Crippen LogP contribution in [0.1, 0.15) is 26.5 Å². The highest BCUT2D eigenvalue weighted by molar-refractivity contribution is 6.02. The lowest BCUT2D eigenvalue weighted by molar-refractivity contribution is 0.0600. The summed E-state index contributed by atoms with van der Waals surface area (Å²) in [6.07, 6.45) is 6.12. The van der Waals surface area contributed by atoms with Gasteiger partial charge in [-0.05, 0) is 17.7 Å². The van der Waals surface area contributed by atoms with Crippen LogP contribution in [0.2, 0.25) is 0 Å². The first-order valence-corrected chi connectivity index (χ1v) is 7.60. The average molecular weight is 327 g/mol. The Labute approximate surface area is 138 Å². The molecule has 0 unspecified atom stereocenters. The Bertz CT molecular complexity index is 730. The zero-order valence-corrected chi connectivity index (χ0v) is 13.0. The van der Waals surface area contributed by atoms with Crippen molar-refractivity contribution in [3.05, 3.63) is 53.9 Å². The van der Waals surface area contributed by atoms with Crippen molar-refractivity contribution in [1.82, 2.24) is 24.8 Å². The number of carbonyl (C=O) groups is 2. The van der Waals surface area contributed by atoms with Crippen LogP contribution in [-0.2, 0) is 6.54 Å². The van der Waals surface area contributed by atoms with Gasteiger partial charge in [-0.15, -0.1) is 0 Å². The van der Waals surface area contributed by atoms with Crippen molar-refractivity contribution in [3.63, 3.8) is 0 Å². The second kappa shape index (κ2) is 7.14. The summed E-state index contributed by atoms with van der Waals surface area (Å²) in [4.78, 5) is 39.2. The number of hydrogen-bond donors (Lipinski definition) is 1. The highest BCUT2D eigenvalue weighted by Crippen LogP contribution is 2.12. The number of rotatable bonds is 4. The van der Waals surface area contributed by atoms with Crippen molar-refractivity contribution in [2.75, 3.05) is 26.2 Å². The highest BCUT2D eigenvalue weighted by atomic mass is 16.4. The summed E-state index contributed by atoms with van der Waals surface area (Å²) in [5.41, 5.74) is 0.765. The standard InChI is InChI=1S/C16H17N5O3/c22-15(13-14(16(23)24)19-6-5-18-13)21-9-7-20(8-10-21)11-12-1-3-17-4-2-12/h1-6H,7-11H2,(H,23,24). The minimum absolute atomic E-state index is 0.104. The molecule has 8 heteroatoms. The molecule has 0 spiro atoms. The van der Waals surface area contributed by atoms with Crippen LogP contribution in [0.4, 0.5) is 0 Å². The van der Waals surface area contributed by atoms with Crippen LogP contribution >= 0.6 is 0 Å². The fraction of sp³-hybridized carbons (Fsp3) is 0.312. The van der Waals surface area contributed by atoms with Gasteiger partial charge < -0.3 is 10.0 Å². The van der Waals surface area contributed by atoms with E-state index in [1.54, 1.807) is 17.3 Å². The molecule has 124 valence electrons. The molecule has 2 aromatic rings. The molecule has 0 atom stereocenters. The molecule has 0 aliphatic carbocycles. The molecule has 1 aliphatic rings. The lowest BCUT2D eigenvalue weighted by Gasteiger charge is -2.34. The van der Waals surface area contributed by atoms with Gasteiger partial charge in [-0.25, -0.2) is 14.8 Å². The van der Waals surface area contributed by atoms with Crippen molar-refractivity contribution >= 4 is 11.9 Å². The molecule has 8 nitrogen and oxygen atoms in total. The van der Waals surface area contributed by atoms with Crippen molar-refractivity contribution in [2.45, 2.75) is 6.54 Å². The first-order chi connectivity index (χ1) is 11.6. The number of amides is 1. The minimum atomic E-state index is -1.25. The van der Waals surface area contributed by atoms with E-state index < -0.39 is 5.97 Å². The fourth-order valence-corrected chi connectivity index (χ4v) is 2.66. The lowest BCUT2D eigenvalue weighted by atomic mass is 10.2. The Hall–Kier alpha value is -2.87. The fourth-order valence-electron chi connectivity index (χ4n) is 2.66. The second-order valence-electron chi connectivity index (χ2n) is 5.48. The van der Waals surface area contributed by atoms with Crippen molar-refractivity contribution < 1.29 is 14.7 Å². The number of carboxylic acid groups (broad SMARTS) is 1. The molecule has 1 saturated heterocycles. The monoisotopic (exact) mass is 327 g/mol. The predicted molar refractivity (Wildman–Crippen MR) is 84.4 cm³/mol. The van der Waals surface area contributed by atoms with Gasteiger partial charge in [0.1, 0.15) is 0 Å². The molecule has 3 rings (SSSR count). The van der Waals surface area contributed by atoms with Gasteiger partial charge in [0, 0.05) is 57.5 Å². The maximum absolute atomic E-state index is 12.5. The van der Waals surface area contributed by atoms with E-state index in [4.69, 9.17) is 5.11 Å². The third-order valence-electron chi connectivity index (χ3n) is 3.92. The molecule has 0 bridgehead atoms.